The number of carbonyl (C=O) groups is 1. The standard InChI is InChI=1S/C17H19N3O4S2/c1-26(22,23)20-8-4-5-11(9-20)16(21)19-17-18-15-12-6-2-3-7-13(12)24-10-14(15)25-17/h2-3,6-7,11H,4-5,8-10H2,1H3,(H,18,19,21). The molecule has 2 aromatic rings. The molecule has 1 fully saturated rings. The number of amides is 1. The van der Waals surface area contributed by atoms with Crippen LogP contribution in [0, 0.1) is 5.92 Å². The summed E-state index contributed by atoms with van der Waals surface area (Å²) in [7, 11) is -3.28. The van der Waals surface area contributed by atoms with E-state index in [-0.39, 0.29) is 18.4 Å². The molecule has 0 radical (unpaired) electrons. The first-order valence-electron chi connectivity index (χ1n) is 8.40. The summed E-state index contributed by atoms with van der Waals surface area (Å²) in [5.41, 5.74) is 1.76. The number of nitrogens with zero attached hydrogens (tertiary/aromatic N) is 2. The highest BCUT2D eigenvalue weighted by Gasteiger charge is 2.31. The van der Waals surface area contributed by atoms with Crippen LogP contribution in [0.4, 0.5) is 5.13 Å². The lowest BCUT2D eigenvalue weighted by molar-refractivity contribution is -0.120. The van der Waals surface area contributed by atoms with E-state index in [9.17, 15) is 13.2 Å². The summed E-state index contributed by atoms with van der Waals surface area (Å²) in [5, 5.41) is 3.39. The van der Waals surface area contributed by atoms with Gasteiger partial charge in [0.05, 0.1) is 22.7 Å². The number of carbonyl (C=O) groups excluding carboxylic acids is 1. The fraction of sp³-hybridized carbons (Fsp3) is 0.412. The zero-order valence-corrected chi connectivity index (χ0v) is 15.9. The Morgan fingerprint density at radius 3 is 3.00 bits per heavy atom. The van der Waals surface area contributed by atoms with E-state index in [0.717, 1.165) is 21.9 Å². The number of para-hydroxylation sites is 1. The number of sulfonamides is 1. The van der Waals surface area contributed by atoms with Crippen LogP contribution in [0.5, 0.6) is 5.75 Å². The molecule has 1 aromatic carbocycles. The number of piperidine rings is 1. The van der Waals surface area contributed by atoms with Crippen molar-refractivity contribution in [1.82, 2.24) is 9.29 Å². The van der Waals surface area contributed by atoms with Gasteiger partial charge in [0.15, 0.2) is 5.13 Å². The van der Waals surface area contributed by atoms with Crippen LogP contribution in [0.25, 0.3) is 11.3 Å². The number of thiazole rings is 1. The Bertz CT molecular complexity index is 955. The van der Waals surface area contributed by atoms with Crippen molar-refractivity contribution in [2.75, 3.05) is 24.7 Å². The predicted molar refractivity (Wildman–Crippen MR) is 99.7 cm³/mol. The van der Waals surface area contributed by atoms with Crippen LogP contribution < -0.4 is 10.1 Å². The number of benzene rings is 1. The minimum Gasteiger partial charge on any atom is -0.487 e. The molecule has 0 aliphatic carbocycles. The Morgan fingerprint density at radius 1 is 1.38 bits per heavy atom. The summed E-state index contributed by atoms with van der Waals surface area (Å²) in [6.07, 6.45) is 2.54. The Morgan fingerprint density at radius 2 is 2.19 bits per heavy atom. The molecule has 1 unspecified atom stereocenters. The third-order valence-electron chi connectivity index (χ3n) is 4.65. The first kappa shape index (κ1) is 17.4. The molecule has 2 aliphatic heterocycles. The number of ether oxygens (including phenoxy) is 1. The van der Waals surface area contributed by atoms with E-state index in [0.29, 0.717) is 31.1 Å². The van der Waals surface area contributed by atoms with Gasteiger partial charge in [-0.25, -0.2) is 17.7 Å². The maximum atomic E-state index is 12.6. The molecule has 1 atom stereocenters. The molecule has 0 spiro atoms. The molecule has 7 nitrogen and oxygen atoms in total. The minimum absolute atomic E-state index is 0.182. The molecule has 2 aliphatic rings. The number of nitrogens with one attached hydrogen (secondary N) is 1. The van der Waals surface area contributed by atoms with Gasteiger partial charge >= 0.3 is 0 Å². The van der Waals surface area contributed by atoms with Gasteiger partial charge < -0.3 is 10.1 Å². The van der Waals surface area contributed by atoms with E-state index in [4.69, 9.17) is 4.74 Å². The van der Waals surface area contributed by atoms with Crippen LogP contribution >= 0.6 is 11.3 Å². The van der Waals surface area contributed by atoms with E-state index in [2.05, 4.69) is 10.3 Å². The molecule has 0 bridgehead atoms. The second kappa shape index (κ2) is 6.64. The van der Waals surface area contributed by atoms with E-state index < -0.39 is 10.0 Å². The molecule has 0 saturated carbocycles. The molecule has 1 aromatic heterocycles. The van der Waals surface area contributed by atoms with Crippen molar-refractivity contribution in [2.45, 2.75) is 19.4 Å². The smallest absolute Gasteiger partial charge is 0.230 e. The lowest BCUT2D eigenvalue weighted by Gasteiger charge is -2.29. The maximum Gasteiger partial charge on any atom is 0.230 e. The summed E-state index contributed by atoms with van der Waals surface area (Å²) < 4.78 is 30.6. The van der Waals surface area contributed by atoms with Gasteiger partial charge in [-0.05, 0) is 25.0 Å². The first-order valence-corrected chi connectivity index (χ1v) is 11.1. The quantitative estimate of drug-likeness (QED) is 0.864. The summed E-state index contributed by atoms with van der Waals surface area (Å²) in [4.78, 5) is 18.1. The van der Waals surface area contributed by atoms with Gasteiger partial charge in [0.2, 0.25) is 15.9 Å². The largest absolute Gasteiger partial charge is 0.487 e. The third kappa shape index (κ3) is 3.34. The van der Waals surface area contributed by atoms with Gasteiger partial charge in [-0.1, -0.05) is 23.5 Å². The highest BCUT2D eigenvalue weighted by molar-refractivity contribution is 7.88. The Hall–Kier alpha value is -1.97. The van der Waals surface area contributed by atoms with Crippen LogP contribution in [-0.2, 0) is 21.4 Å². The predicted octanol–water partition coefficient (Wildman–Crippen LogP) is 2.31. The monoisotopic (exact) mass is 393 g/mol. The Kier molecular flexibility index (Phi) is 4.45. The van der Waals surface area contributed by atoms with Gasteiger partial charge in [-0.2, -0.15) is 0 Å². The summed E-state index contributed by atoms with van der Waals surface area (Å²) >= 11 is 1.40. The maximum absolute atomic E-state index is 12.6. The van der Waals surface area contributed by atoms with E-state index in [1.165, 1.54) is 21.9 Å². The molecule has 9 heteroatoms. The fourth-order valence-electron chi connectivity index (χ4n) is 3.31. The molecule has 1 N–H and O–H groups in total. The molecular weight excluding hydrogens is 374 g/mol. The molecule has 138 valence electrons. The van der Waals surface area contributed by atoms with Gasteiger partial charge in [-0.15, -0.1) is 0 Å². The number of aromatic nitrogens is 1. The van der Waals surface area contributed by atoms with Crippen molar-refractivity contribution < 1.29 is 17.9 Å². The van der Waals surface area contributed by atoms with Gasteiger partial charge in [0, 0.05) is 18.7 Å². The van der Waals surface area contributed by atoms with E-state index in [1.807, 2.05) is 24.3 Å². The highest BCUT2D eigenvalue weighted by atomic mass is 32.2. The number of rotatable bonds is 3. The van der Waals surface area contributed by atoms with Crippen LogP contribution in [0.15, 0.2) is 24.3 Å². The third-order valence-corrected chi connectivity index (χ3v) is 6.87. The van der Waals surface area contributed by atoms with Crippen molar-refractivity contribution in [3.8, 4) is 17.0 Å². The number of hydrogen-bond acceptors (Lipinski definition) is 6. The fourth-order valence-corrected chi connectivity index (χ4v) is 5.11. The molecule has 1 saturated heterocycles. The summed E-state index contributed by atoms with van der Waals surface area (Å²) in [5.74, 6) is 0.251. The van der Waals surface area contributed by atoms with Gasteiger partial charge in [0.25, 0.3) is 0 Å². The lowest BCUT2D eigenvalue weighted by Crippen LogP contribution is -2.43. The van der Waals surface area contributed by atoms with Crippen LogP contribution in [-0.4, -0.2) is 43.0 Å². The Labute approximate surface area is 156 Å². The SMILES string of the molecule is CS(=O)(=O)N1CCCC(C(=O)Nc2nc3c(s2)COc2ccccc2-3)C1. The van der Waals surface area contributed by atoms with Gasteiger partial charge in [0.1, 0.15) is 12.4 Å². The van der Waals surface area contributed by atoms with Crippen LogP contribution in [0.3, 0.4) is 0 Å². The molecule has 4 rings (SSSR count). The van der Waals surface area contributed by atoms with Crippen molar-refractivity contribution >= 4 is 32.4 Å². The second-order valence-electron chi connectivity index (χ2n) is 6.53. The normalized spacial score (nSPS) is 20.0. The van der Waals surface area contributed by atoms with Crippen molar-refractivity contribution in [2.24, 2.45) is 5.92 Å². The highest BCUT2D eigenvalue weighted by Crippen LogP contribution is 2.40. The van der Waals surface area contributed by atoms with Crippen molar-refractivity contribution in [3.63, 3.8) is 0 Å². The van der Waals surface area contributed by atoms with Gasteiger partial charge in [-0.3, -0.25) is 4.79 Å². The minimum atomic E-state index is -3.28. The summed E-state index contributed by atoms with van der Waals surface area (Å²) in [6.45, 7) is 1.13. The molecular formula is C17H19N3O4S2. The van der Waals surface area contributed by atoms with Crippen LogP contribution in [0.2, 0.25) is 0 Å². The molecule has 26 heavy (non-hydrogen) atoms. The molecule has 3 heterocycles. The lowest BCUT2D eigenvalue weighted by atomic mass is 9.99. The zero-order valence-electron chi connectivity index (χ0n) is 14.3. The van der Waals surface area contributed by atoms with E-state index in [1.54, 1.807) is 0 Å². The topological polar surface area (TPSA) is 88.6 Å². The van der Waals surface area contributed by atoms with Crippen molar-refractivity contribution in [1.29, 1.82) is 0 Å². The number of hydrogen-bond donors (Lipinski definition) is 1. The number of fused-ring (bicyclic) bond motifs is 3. The summed E-state index contributed by atoms with van der Waals surface area (Å²) in [6, 6.07) is 7.69. The average Bonchev–Trinajstić information content (AvgIpc) is 3.04. The Balaban J connectivity index is 1.51. The van der Waals surface area contributed by atoms with Crippen molar-refractivity contribution in [3.05, 3.63) is 29.1 Å². The van der Waals surface area contributed by atoms with Crippen LogP contribution in [0.1, 0.15) is 17.7 Å². The first-order chi connectivity index (χ1) is 12.4. The second-order valence-corrected chi connectivity index (χ2v) is 9.59. The number of anilines is 1. The average molecular weight is 393 g/mol. The molecule has 1 amide bonds. The zero-order chi connectivity index (χ0) is 18.3. The van der Waals surface area contributed by atoms with E-state index >= 15 is 0 Å².